The molecule has 4 N–H and O–H groups in total. The van der Waals surface area contributed by atoms with Crippen LogP contribution in [0.15, 0.2) is 36.4 Å². The van der Waals surface area contributed by atoms with Crippen molar-refractivity contribution in [1.29, 1.82) is 0 Å². The number of nitrogens with two attached hydrogens (primary N) is 1. The van der Waals surface area contributed by atoms with Gasteiger partial charge in [-0.15, -0.1) is 0 Å². The van der Waals surface area contributed by atoms with Crippen molar-refractivity contribution in [3.63, 3.8) is 0 Å². The summed E-state index contributed by atoms with van der Waals surface area (Å²) in [6, 6.07) is 6.68. The highest BCUT2D eigenvalue weighted by molar-refractivity contribution is 6.37. The van der Waals surface area contributed by atoms with Gasteiger partial charge in [-0.2, -0.15) is 19.0 Å². The van der Waals surface area contributed by atoms with Gasteiger partial charge in [0.25, 0.3) is 12.3 Å². The number of imidazole rings is 1. The topological polar surface area (TPSA) is 142 Å². The van der Waals surface area contributed by atoms with E-state index >= 15 is 8.78 Å². The summed E-state index contributed by atoms with van der Waals surface area (Å²) in [4.78, 5) is 26.4. The number of ether oxygens (including phenoxy) is 1. The molecule has 0 aliphatic heterocycles. The van der Waals surface area contributed by atoms with E-state index in [9.17, 15) is 22.4 Å². The summed E-state index contributed by atoms with van der Waals surface area (Å²) in [5, 5.41) is 11.7. The van der Waals surface area contributed by atoms with Gasteiger partial charge in [0.15, 0.2) is 11.5 Å². The SMILES string of the molecule is COCc1nc2nc([C@H](Cc3cc(F)cc(F)c3)NC(=O)Cn3nc(C(F)F)c4c3C(F)(F)[C@@H]3CC[C@H]43)c(-c3ccc(Cl)c4c(N)nn(C)c34)cc2[nH]1. The van der Waals surface area contributed by atoms with E-state index < -0.39 is 65.7 Å². The molecule has 0 saturated heterocycles. The van der Waals surface area contributed by atoms with Crippen LogP contribution in [0.5, 0.6) is 0 Å². The molecule has 0 bridgehead atoms. The third kappa shape index (κ3) is 5.76. The Kier molecular flexibility index (Phi) is 8.40. The van der Waals surface area contributed by atoms with Crippen LogP contribution in [-0.2, 0) is 42.1 Å². The van der Waals surface area contributed by atoms with Crippen molar-refractivity contribution in [2.24, 2.45) is 13.0 Å². The fraction of sp³-hybridized carbons (Fsp3) is 0.343. The van der Waals surface area contributed by atoms with Gasteiger partial charge >= 0.3 is 0 Å². The number of methoxy groups -OCH3 is 1. The van der Waals surface area contributed by atoms with Gasteiger partial charge in [0, 0.05) is 42.8 Å². The van der Waals surface area contributed by atoms with E-state index in [1.54, 1.807) is 25.2 Å². The number of benzene rings is 2. The largest absolute Gasteiger partial charge is 0.382 e. The highest BCUT2D eigenvalue weighted by atomic mass is 35.5. The normalized spacial score (nSPS) is 18.1. The number of hydrogen-bond acceptors (Lipinski definition) is 7. The number of aromatic amines is 1. The standard InChI is InChI=1S/C35H30ClF6N9O2/c1-50-30-17(4-6-21(36)27(30)33(43)49-50)19-11-23-34(46-24(44-23)13-53-2)47-28(19)22(9-14-7-15(37)10-16(38)8-14)45-25(52)12-51-31-26(29(48-51)32(39)40)18-3-5-20(18)35(31,41)42/h4,6-8,10-11,18,20,22,32H,3,5,9,12-13H2,1-2H3,(H2,43,49)(H,45,52)(H,44,46,47)/t18-,20+,22-/m0/s1. The molecule has 2 aliphatic rings. The molecule has 1 fully saturated rings. The molecule has 3 atom stereocenters. The van der Waals surface area contributed by atoms with Gasteiger partial charge in [-0.25, -0.2) is 27.5 Å². The number of pyridine rings is 1. The summed E-state index contributed by atoms with van der Waals surface area (Å²) in [6.07, 6.45) is -2.91. The molecule has 0 radical (unpaired) electrons. The Hall–Kier alpha value is -5.16. The Labute approximate surface area is 301 Å². The van der Waals surface area contributed by atoms with Crippen molar-refractivity contribution < 1.29 is 35.9 Å². The van der Waals surface area contributed by atoms with Crippen molar-refractivity contribution in [3.05, 3.63) is 87.1 Å². The molecular formula is C35H30ClF6N9O2. The van der Waals surface area contributed by atoms with Crippen LogP contribution in [0, 0.1) is 17.6 Å². The maximum Gasteiger partial charge on any atom is 0.293 e. The summed E-state index contributed by atoms with van der Waals surface area (Å²) in [5.41, 5.74) is 6.92. The zero-order valence-electron chi connectivity index (χ0n) is 28.0. The average Bonchev–Trinajstić information content (AvgIpc) is 3.75. The average molecular weight is 758 g/mol. The number of hydrogen-bond donors (Lipinski definition) is 3. The second kappa shape index (κ2) is 12.8. The Morgan fingerprint density at radius 3 is 2.53 bits per heavy atom. The Morgan fingerprint density at radius 1 is 1.09 bits per heavy atom. The molecule has 276 valence electrons. The fourth-order valence-electron chi connectivity index (χ4n) is 7.82. The maximum atomic E-state index is 15.6. The number of nitrogens with zero attached hydrogens (tertiary/aromatic N) is 6. The molecule has 18 heteroatoms. The van der Waals surface area contributed by atoms with E-state index in [1.807, 2.05) is 0 Å². The summed E-state index contributed by atoms with van der Waals surface area (Å²) < 4.78 is 95.8. The smallest absolute Gasteiger partial charge is 0.293 e. The van der Waals surface area contributed by atoms with Gasteiger partial charge in [-0.05, 0) is 55.0 Å². The number of amides is 1. The number of H-pyrrole nitrogens is 1. The molecule has 4 heterocycles. The number of aryl methyl sites for hydroxylation is 1. The fourth-order valence-corrected chi connectivity index (χ4v) is 8.07. The number of fused-ring (bicyclic) bond motifs is 5. The molecule has 1 saturated carbocycles. The predicted octanol–water partition coefficient (Wildman–Crippen LogP) is 7.01. The molecule has 6 aromatic rings. The van der Waals surface area contributed by atoms with E-state index in [2.05, 4.69) is 25.5 Å². The number of nitrogen functional groups attached to an aromatic ring is 1. The van der Waals surface area contributed by atoms with Crippen LogP contribution in [0.2, 0.25) is 5.02 Å². The van der Waals surface area contributed by atoms with E-state index in [4.69, 9.17) is 27.1 Å². The van der Waals surface area contributed by atoms with E-state index in [1.165, 1.54) is 11.8 Å². The quantitative estimate of drug-likeness (QED) is 0.128. The molecule has 2 aliphatic carbocycles. The summed E-state index contributed by atoms with van der Waals surface area (Å²) in [7, 11) is 3.14. The molecule has 4 aromatic heterocycles. The summed E-state index contributed by atoms with van der Waals surface area (Å²) in [6.45, 7) is -0.742. The second-order valence-corrected chi connectivity index (χ2v) is 13.8. The minimum absolute atomic E-state index is 0.106. The number of carbonyl (C=O) groups is 1. The lowest BCUT2D eigenvalue weighted by Gasteiger charge is -2.34. The minimum Gasteiger partial charge on any atom is -0.382 e. The number of alkyl halides is 4. The van der Waals surface area contributed by atoms with Crippen LogP contribution in [0.25, 0.3) is 33.2 Å². The van der Waals surface area contributed by atoms with Crippen molar-refractivity contribution in [2.45, 2.75) is 56.7 Å². The van der Waals surface area contributed by atoms with Crippen molar-refractivity contribution in [2.75, 3.05) is 12.8 Å². The van der Waals surface area contributed by atoms with Gasteiger partial charge in [-0.3, -0.25) is 14.2 Å². The number of aromatic nitrogens is 7. The molecular weight excluding hydrogens is 728 g/mol. The van der Waals surface area contributed by atoms with Crippen molar-refractivity contribution in [1.82, 2.24) is 39.8 Å². The lowest BCUT2D eigenvalue weighted by molar-refractivity contribution is -0.123. The molecule has 0 unspecified atom stereocenters. The summed E-state index contributed by atoms with van der Waals surface area (Å²) in [5.74, 6) is -7.47. The van der Waals surface area contributed by atoms with E-state index in [0.717, 1.165) is 12.1 Å². The number of nitrogens with one attached hydrogen (secondary N) is 2. The van der Waals surface area contributed by atoms with Crippen molar-refractivity contribution in [3.8, 4) is 11.1 Å². The number of anilines is 1. The predicted molar refractivity (Wildman–Crippen MR) is 181 cm³/mol. The molecule has 11 nitrogen and oxygen atoms in total. The molecule has 53 heavy (non-hydrogen) atoms. The van der Waals surface area contributed by atoms with Gasteiger partial charge in [0.1, 0.15) is 42.0 Å². The lowest BCUT2D eigenvalue weighted by Crippen LogP contribution is -2.36. The third-order valence-electron chi connectivity index (χ3n) is 10.1. The number of halogens is 7. The second-order valence-electron chi connectivity index (χ2n) is 13.4. The monoisotopic (exact) mass is 757 g/mol. The van der Waals surface area contributed by atoms with Gasteiger partial charge in [-0.1, -0.05) is 17.7 Å². The first kappa shape index (κ1) is 34.9. The highest BCUT2D eigenvalue weighted by Gasteiger charge is 2.62. The van der Waals surface area contributed by atoms with E-state index in [-0.39, 0.29) is 47.7 Å². The van der Waals surface area contributed by atoms with Crippen LogP contribution < -0.4 is 11.1 Å². The van der Waals surface area contributed by atoms with Crippen LogP contribution >= 0.6 is 11.6 Å². The molecule has 0 spiro atoms. The summed E-state index contributed by atoms with van der Waals surface area (Å²) >= 11 is 6.54. The first-order valence-electron chi connectivity index (χ1n) is 16.6. The highest BCUT2D eigenvalue weighted by Crippen LogP contribution is 2.63. The van der Waals surface area contributed by atoms with Crippen molar-refractivity contribution >= 4 is 45.4 Å². The molecule has 1 amide bonds. The third-order valence-corrected chi connectivity index (χ3v) is 10.4. The molecule has 8 rings (SSSR count). The zero-order chi connectivity index (χ0) is 37.5. The Morgan fingerprint density at radius 2 is 1.85 bits per heavy atom. The van der Waals surface area contributed by atoms with Crippen LogP contribution in [0.3, 0.4) is 0 Å². The first-order chi connectivity index (χ1) is 25.2. The number of carbonyl (C=O) groups excluding carboxylic acids is 1. The van der Waals surface area contributed by atoms with Crippen LogP contribution in [0.1, 0.15) is 65.3 Å². The first-order valence-corrected chi connectivity index (χ1v) is 16.9. The Bertz CT molecular complexity index is 2420. The zero-order valence-corrected chi connectivity index (χ0v) is 28.8. The van der Waals surface area contributed by atoms with Crippen LogP contribution in [0.4, 0.5) is 32.2 Å². The van der Waals surface area contributed by atoms with Gasteiger partial charge in [0.2, 0.25) is 5.91 Å². The number of rotatable bonds is 10. The van der Waals surface area contributed by atoms with Gasteiger partial charge in [0.05, 0.1) is 33.2 Å². The van der Waals surface area contributed by atoms with Crippen LogP contribution in [-0.4, -0.2) is 47.5 Å². The molecule has 2 aromatic carbocycles. The van der Waals surface area contributed by atoms with E-state index in [0.29, 0.717) is 55.6 Å². The lowest BCUT2D eigenvalue weighted by atomic mass is 9.73. The van der Waals surface area contributed by atoms with Gasteiger partial charge < -0.3 is 20.8 Å². The minimum atomic E-state index is -3.47. The maximum absolute atomic E-state index is 15.6. The Balaban J connectivity index is 1.27.